The lowest BCUT2D eigenvalue weighted by Crippen LogP contribution is -1.69. The molecule has 0 unspecified atom stereocenters. The molecule has 0 atom stereocenters. The maximum atomic E-state index is 5.73. The molecule has 1 rings (SSSR count). The minimum Gasteiger partial charge on any atom is -0.103 e. The molecule has 0 aliphatic rings. The van der Waals surface area contributed by atoms with Crippen LogP contribution in [0, 0.1) is 0 Å². The van der Waals surface area contributed by atoms with Crippen LogP contribution in [0.4, 0.5) is 0 Å². The third-order valence-electron chi connectivity index (χ3n) is 1.48. The SMILES string of the molecule is C=CCC=Cc1ccc(Cl)cc1. The van der Waals surface area contributed by atoms with Crippen molar-refractivity contribution in [1.29, 1.82) is 0 Å². The van der Waals surface area contributed by atoms with Gasteiger partial charge in [-0.1, -0.05) is 42.0 Å². The van der Waals surface area contributed by atoms with Crippen LogP contribution in [0.15, 0.2) is 43.0 Å². The van der Waals surface area contributed by atoms with Gasteiger partial charge in [0.15, 0.2) is 0 Å². The molecule has 0 spiro atoms. The molecule has 0 fully saturated rings. The summed E-state index contributed by atoms with van der Waals surface area (Å²) in [4.78, 5) is 0. The van der Waals surface area contributed by atoms with Crippen molar-refractivity contribution in [3.05, 3.63) is 53.6 Å². The number of hydrogen-bond acceptors (Lipinski definition) is 0. The van der Waals surface area contributed by atoms with E-state index >= 15 is 0 Å². The van der Waals surface area contributed by atoms with Crippen LogP contribution in [0.5, 0.6) is 0 Å². The number of allylic oxidation sites excluding steroid dienone is 2. The van der Waals surface area contributed by atoms with Crippen LogP contribution in [-0.2, 0) is 0 Å². The van der Waals surface area contributed by atoms with Crippen molar-refractivity contribution >= 4 is 17.7 Å². The smallest absolute Gasteiger partial charge is 0.0406 e. The molecule has 0 nitrogen and oxygen atoms in total. The fourth-order valence-corrected chi connectivity index (χ4v) is 1.00. The molecule has 0 aromatic heterocycles. The fraction of sp³-hybridized carbons (Fsp3) is 0.0909. The van der Waals surface area contributed by atoms with Crippen LogP contribution in [0.3, 0.4) is 0 Å². The summed E-state index contributed by atoms with van der Waals surface area (Å²) in [5.41, 5.74) is 1.17. The number of halogens is 1. The highest BCUT2D eigenvalue weighted by atomic mass is 35.5. The first-order chi connectivity index (χ1) is 5.83. The quantitative estimate of drug-likeness (QED) is 0.616. The maximum Gasteiger partial charge on any atom is 0.0406 e. The Kier molecular flexibility index (Phi) is 3.62. The third-order valence-corrected chi connectivity index (χ3v) is 1.74. The minimum absolute atomic E-state index is 0.774. The third kappa shape index (κ3) is 2.93. The zero-order valence-corrected chi connectivity index (χ0v) is 7.59. The molecule has 0 saturated heterocycles. The molecular formula is C11H11Cl. The predicted molar refractivity (Wildman–Crippen MR) is 55.3 cm³/mol. The van der Waals surface area contributed by atoms with Crippen molar-refractivity contribution in [2.75, 3.05) is 0 Å². The summed E-state index contributed by atoms with van der Waals surface area (Å²) in [6.07, 6.45) is 6.89. The van der Waals surface area contributed by atoms with Gasteiger partial charge in [-0.25, -0.2) is 0 Å². The Hall–Kier alpha value is -1.01. The molecule has 0 amide bonds. The van der Waals surface area contributed by atoms with Gasteiger partial charge in [0, 0.05) is 5.02 Å². The summed E-state index contributed by atoms with van der Waals surface area (Å²) in [7, 11) is 0. The maximum absolute atomic E-state index is 5.73. The standard InChI is InChI=1S/C11H11Cl/c1-2-3-4-5-10-6-8-11(12)9-7-10/h2,4-9H,1,3H2. The van der Waals surface area contributed by atoms with Gasteiger partial charge in [0.25, 0.3) is 0 Å². The van der Waals surface area contributed by atoms with E-state index < -0.39 is 0 Å². The van der Waals surface area contributed by atoms with Gasteiger partial charge in [-0.2, -0.15) is 0 Å². The summed E-state index contributed by atoms with van der Waals surface area (Å²) in [6.45, 7) is 3.63. The topological polar surface area (TPSA) is 0 Å². The van der Waals surface area contributed by atoms with Crippen LogP contribution in [0.25, 0.3) is 6.08 Å². The molecule has 0 bridgehead atoms. The molecule has 0 heterocycles. The van der Waals surface area contributed by atoms with Gasteiger partial charge in [-0.05, 0) is 24.1 Å². The Morgan fingerprint density at radius 1 is 1.25 bits per heavy atom. The Morgan fingerprint density at radius 2 is 1.92 bits per heavy atom. The van der Waals surface area contributed by atoms with E-state index in [9.17, 15) is 0 Å². The van der Waals surface area contributed by atoms with Gasteiger partial charge in [-0.15, -0.1) is 6.58 Å². The monoisotopic (exact) mass is 178 g/mol. The first kappa shape index (κ1) is 9.08. The molecule has 1 aromatic carbocycles. The van der Waals surface area contributed by atoms with E-state index in [0.717, 1.165) is 11.4 Å². The second-order valence-corrected chi connectivity index (χ2v) is 2.91. The van der Waals surface area contributed by atoms with Crippen molar-refractivity contribution in [3.63, 3.8) is 0 Å². The van der Waals surface area contributed by atoms with Crippen molar-refractivity contribution in [2.45, 2.75) is 6.42 Å². The lowest BCUT2D eigenvalue weighted by atomic mass is 10.2. The fourth-order valence-electron chi connectivity index (χ4n) is 0.874. The Labute approximate surface area is 78.2 Å². The van der Waals surface area contributed by atoms with Crippen LogP contribution < -0.4 is 0 Å². The minimum atomic E-state index is 0.774. The van der Waals surface area contributed by atoms with Crippen molar-refractivity contribution in [1.82, 2.24) is 0 Å². The van der Waals surface area contributed by atoms with Crippen molar-refractivity contribution in [2.24, 2.45) is 0 Å². The number of benzene rings is 1. The molecule has 0 saturated carbocycles. The van der Waals surface area contributed by atoms with Crippen molar-refractivity contribution < 1.29 is 0 Å². The molecule has 1 aromatic rings. The van der Waals surface area contributed by atoms with Crippen molar-refractivity contribution in [3.8, 4) is 0 Å². The van der Waals surface area contributed by atoms with Crippen LogP contribution in [0.1, 0.15) is 12.0 Å². The zero-order valence-electron chi connectivity index (χ0n) is 6.83. The van der Waals surface area contributed by atoms with Gasteiger partial charge in [-0.3, -0.25) is 0 Å². The van der Waals surface area contributed by atoms with Crippen LogP contribution in [0.2, 0.25) is 5.02 Å². The highest BCUT2D eigenvalue weighted by molar-refractivity contribution is 6.30. The summed E-state index contributed by atoms with van der Waals surface area (Å²) in [6, 6.07) is 7.74. The van der Waals surface area contributed by atoms with E-state index in [2.05, 4.69) is 18.7 Å². The summed E-state index contributed by atoms with van der Waals surface area (Å²) in [5, 5.41) is 0.774. The van der Waals surface area contributed by atoms with Gasteiger partial charge >= 0.3 is 0 Å². The highest BCUT2D eigenvalue weighted by Crippen LogP contribution is 2.10. The van der Waals surface area contributed by atoms with E-state index in [4.69, 9.17) is 11.6 Å². The molecule has 0 N–H and O–H groups in total. The first-order valence-corrected chi connectivity index (χ1v) is 4.24. The summed E-state index contributed by atoms with van der Waals surface area (Å²) in [5.74, 6) is 0. The predicted octanol–water partition coefficient (Wildman–Crippen LogP) is 3.93. The Balaban J connectivity index is 2.64. The Bertz CT molecular complexity index is 270. The van der Waals surface area contributed by atoms with E-state index in [1.54, 1.807) is 0 Å². The second kappa shape index (κ2) is 4.78. The van der Waals surface area contributed by atoms with Gasteiger partial charge in [0.2, 0.25) is 0 Å². The molecule has 0 aliphatic heterocycles. The number of rotatable bonds is 3. The highest BCUT2D eigenvalue weighted by Gasteiger charge is 1.85. The zero-order chi connectivity index (χ0) is 8.81. The number of hydrogen-bond donors (Lipinski definition) is 0. The van der Waals surface area contributed by atoms with Gasteiger partial charge in [0.1, 0.15) is 0 Å². The first-order valence-electron chi connectivity index (χ1n) is 3.86. The molecule has 1 heteroatoms. The molecule has 0 aliphatic carbocycles. The van der Waals surface area contributed by atoms with E-state index in [1.807, 2.05) is 30.3 Å². The lowest BCUT2D eigenvalue weighted by molar-refractivity contribution is 1.42. The van der Waals surface area contributed by atoms with Gasteiger partial charge < -0.3 is 0 Å². The molecule has 62 valence electrons. The normalized spacial score (nSPS) is 10.4. The van der Waals surface area contributed by atoms with Crippen LogP contribution in [-0.4, -0.2) is 0 Å². The van der Waals surface area contributed by atoms with E-state index in [0.29, 0.717) is 0 Å². The Morgan fingerprint density at radius 3 is 2.50 bits per heavy atom. The molecule has 0 radical (unpaired) electrons. The lowest BCUT2D eigenvalue weighted by Gasteiger charge is -1.92. The summed E-state index contributed by atoms with van der Waals surface area (Å²) < 4.78 is 0. The molecular weight excluding hydrogens is 168 g/mol. The van der Waals surface area contributed by atoms with Crippen LogP contribution >= 0.6 is 11.6 Å². The average molecular weight is 179 g/mol. The van der Waals surface area contributed by atoms with Gasteiger partial charge in [0.05, 0.1) is 0 Å². The summed E-state index contributed by atoms with van der Waals surface area (Å²) >= 11 is 5.73. The average Bonchev–Trinajstić information content (AvgIpc) is 2.09. The van der Waals surface area contributed by atoms with E-state index in [-0.39, 0.29) is 0 Å². The second-order valence-electron chi connectivity index (χ2n) is 2.48. The molecule has 12 heavy (non-hydrogen) atoms. The largest absolute Gasteiger partial charge is 0.103 e. The van der Waals surface area contributed by atoms with E-state index in [1.165, 1.54) is 5.56 Å².